The minimum Gasteiger partial charge on any atom is -1.00 e. The third kappa shape index (κ3) is 8.01. The molecule has 2 aromatic heterocycles. The number of aromatic nitrogens is 2. The molecule has 0 saturated heterocycles. The van der Waals surface area contributed by atoms with Gasteiger partial charge in [0.15, 0.2) is 0 Å². The van der Waals surface area contributed by atoms with E-state index in [-0.39, 0.29) is 58.8 Å². The number of halogens is 2. The normalized spacial score (nSPS) is 19.5. The van der Waals surface area contributed by atoms with Crippen molar-refractivity contribution in [1.29, 1.82) is 0 Å². The number of ether oxygens (including phenoxy) is 2. The van der Waals surface area contributed by atoms with E-state index in [1.807, 2.05) is 12.1 Å². The van der Waals surface area contributed by atoms with Crippen molar-refractivity contribution in [3.63, 3.8) is 0 Å². The van der Waals surface area contributed by atoms with E-state index < -0.39 is 0 Å². The van der Waals surface area contributed by atoms with Crippen LogP contribution in [0.5, 0.6) is 11.5 Å². The second-order valence-electron chi connectivity index (χ2n) is 16.5. The van der Waals surface area contributed by atoms with Gasteiger partial charge in [-0.2, -0.15) is 9.13 Å². The fourth-order valence-electron chi connectivity index (χ4n) is 9.59. The molecular formula is C52H52I2N4O2S2. The van der Waals surface area contributed by atoms with Gasteiger partial charge < -0.3 is 67.2 Å². The largest absolute Gasteiger partial charge is 1.00 e. The average Bonchev–Trinajstić information content (AvgIpc) is 3.89. The van der Waals surface area contributed by atoms with Crippen molar-refractivity contribution in [2.24, 2.45) is 14.1 Å². The van der Waals surface area contributed by atoms with Gasteiger partial charge in [0.25, 0.3) is 10.0 Å². The lowest BCUT2D eigenvalue weighted by Gasteiger charge is -2.30. The molecular weight excluding hydrogens is 1030 g/mol. The quantitative estimate of drug-likeness (QED) is 0.145. The summed E-state index contributed by atoms with van der Waals surface area (Å²) < 4.78 is 17.9. The number of methoxy groups -OCH3 is 2. The van der Waals surface area contributed by atoms with Crippen molar-refractivity contribution in [2.45, 2.75) is 37.5 Å². The second kappa shape index (κ2) is 18.3. The maximum absolute atomic E-state index is 5.49. The van der Waals surface area contributed by atoms with Gasteiger partial charge in [0.2, 0.25) is 11.0 Å². The molecule has 10 heteroatoms. The van der Waals surface area contributed by atoms with Gasteiger partial charge in [-0.3, -0.25) is 0 Å². The smallest absolute Gasteiger partial charge is 0.262 e. The minimum atomic E-state index is -0.203. The molecule has 62 heavy (non-hydrogen) atoms. The van der Waals surface area contributed by atoms with Crippen LogP contribution in [0.15, 0.2) is 145 Å². The van der Waals surface area contributed by atoms with E-state index >= 15 is 0 Å². The first-order valence-corrected chi connectivity index (χ1v) is 22.1. The van der Waals surface area contributed by atoms with E-state index in [1.54, 1.807) is 36.9 Å². The van der Waals surface area contributed by atoms with Gasteiger partial charge in [-0.1, -0.05) is 95.5 Å². The first kappa shape index (κ1) is 45.5. The molecule has 2 aliphatic rings. The van der Waals surface area contributed by atoms with Crippen LogP contribution in [-0.4, -0.2) is 28.3 Å². The van der Waals surface area contributed by atoms with E-state index in [4.69, 9.17) is 9.47 Å². The fraction of sp³-hybridized carbons (Fsp3) is 0.231. The van der Waals surface area contributed by atoms with Gasteiger partial charge in [0.05, 0.1) is 14.2 Å². The number of anilines is 2. The average molecular weight is 1080 g/mol. The minimum absolute atomic E-state index is 0. The number of likely N-dealkylation sites (N-methyl/N-ethyl adjacent to an activating group) is 2. The number of rotatable bonds is 10. The molecule has 0 fully saturated rings. The summed E-state index contributed by atoms with van der Waals surface area (Å²) in [7, 11) is 12.1. The van der Waals surface area contributed by atoms with Gasteiger partial charge in [-0.05, 0) is 85.4 Å². The lowest BCUT2D eigenvalue weighted by atomic mass is 9.75. The number of hydrogen-bond donors (Lipinski definition) is 0. The van der Waals surface area contributed by atoms with Crippen LogP contribution in [0.1, 0.15) is 46.1 Å². The predicted molar refractivity (Wildman–Crippen MR) is 252 cm³/mol. The number of benzene rings is 5. The molecule has 0 N–H and O–H groups in total. The maximum atomic E-state index is 5.49. The zero-order chi connectivity index (χ0) is 41.8. The third-order valence-corrected chi connectivity index (χ3v) is 15.2. The molecule has 2 aliphatic heterocycles. The highest BCUT2D eigenvalue weighted by molar-refractivity contribution is 7.19. The van der Waals surface area contributed by atoms with Crippen LogP contribution in [0.2, 0.25) is 0 Å². The van der Waals surface area contributed by atoms with Crippen LogP contribution >= 0.6 is 22.7 Å². The highest BCUT2D eigenvalue weighted by Gasteiger charge is 2.43. The number of nitrogens with zero attached hydrogens (tertiary/aromatic N) is 4. The fourth-order valence-corrected chi connectivity index (χ4v) is 11.8. The van der Waals surface area contributed by atoms with Crippen molar-refractivity contribution in [2.75, 3.05) is 38.1 Å². The van der Waals surface area contributed by atoms with Crippen LogP contribution < -0.4 is 76.4 Å². The summed E-state index contributed by atoms with van der Waals surface area (Å²) in [6.45, 7) is 4.81. The van der Waals surface area contributed by atoms with Gasteiger partial charge in [-0.15, -0.1) is 0 Å². The highest BCUT2D eigenvalue weighted by Crippen LogP contribution is 2.50. The Morgan fingerprint density at radius 1 is 0.565 bits per heavy atom. The molecule has 0 amide bonds. The molecule has 2 atom stereocenters. The Kier molecular flexibility index (Phi) is 13.4. The molecule has 7 aromatic rings. The van der Waals surface area contributed by atoms with Crippen LogP contribution in [0.25, 0.3) is 32.6 Å². The van der Waals surface area contributed by atoms with Crippen molar-refractivity contribution >= 4 is 66.6 Å². The number of hydrogen-bond acceptors (Lipinski definition) is 6. The Hall–Kier alpha value is -4.50. The van der Waals surface area contributed by atoms with Gasteiger partial charge in [0.1, 0.15) is 35.0 Å². The van der Waals surface area contributed by atoms with Crippen molar-refractivity contribution < 1.29 is 66.6 Å². The number of allylic oxidation sites excluding steroid dienone is 6. The molecule has 2 unspecified atom stereocenters. The van der Waals surface area contributed by atoms with Crippen molar-refractivity contribution in [3.05, 3.63) is 177 Å². The lowest BCUT2D eigenvalue weighted by Crippen LogP contribution is -3.00. The molecule has 0 spiro atoms. The van der Waals surface area contributed by atoms with Crippen LogP contribution in [0.4, 0.5) is 11.4 Å². The molecule has 0 bridgehead atoms. The summed E-state index contributed by atoms with van der Waals surface area (Å²) in [4.78, 5) is 4.75. The number of aryl methyl sites for hydroxylation is 2. The van der Waals surface area contributed by atoms with Crippen molar-refractivity contribution in [1.82, 2.24) is 0 Å². The molecule has 318 valence electrons. The number of para-hydroxylation sites is 2. The zero-order valence-electron chi connectivity index (χ0n) is 36.4. The Labute approximate surface area is 408 Å². The first-order chi connectivity index (χ1) is 29.0. The molecule has 9 rings (SSSR count). The Morgan fingerprint density at radius 3 is 1.34 bits per heavy atom. The molecule has 0 aliphatic carbocycles. The monoisotopic (exact) mass is 1080 g/mol. The van der Waals surface area contributed by atoms with Gasteiger partial charge in [-0.25, -0.2) is 0 Å². The summed E-state index contributed by atoms with van der Waals surface area (Å²) in [5.74, 6) is 1.76. The lowest BCUT2D eigenvalue weighted by molar-refractivity contribution is -0.642. The Balaban J connectivity index is 0.00000289. The maximum Gasteiger partial charge on any atom is 0.262 e. The van der Waals surface area contributed by atoms with E-state index in [9.17, 15) is 0 Å². The van der Waals surface area contributed by atoms with Crippen LogP contribution in [-0.2, 0) is 37.8 Å². The second-order valence-corrected chi connectivity index (χ2v) is 18.6. The van der Waals surface area contributed by atoms with Gasteiger partial charge in [0, 0.05) is 84.1 Å². The van der Waals surface area contributed by atoms with Crippen LogP contribution in [0.3, 0.4) is 0 Å². The highest BCUT2D eigenvalue weighted by atomic mass is 127. The van der Waals surface area contributed by atoms with Crippen LogP contribution in [0, 0.1) is 0 Å². The zero-order valence-corrected chi connectivity index (χ0v) is 42.4. The summed E-state index contributed by atoms with van der Waals surface area (Å²) in [6, 6.07) is 39.7. The summed E-state index contributed by atoms with van der Waals surface area (Å²) in [6.07, 6.45) is 15.3. The Morgan fingerprint density at radius 2 is 0.952 bits per heavy atom. The number of thiazole rings is 2. The molecule has 0 saturated carbocycles. The van der Waals surface area contributed by atoms with E-state index in [1.165, 1.54) is 75.5 Å². The summed E-state index contributed by atoms with van der Waals surface area (Å²) in [5.41, 5.74) is 12.5. The van der Waals surface area contributed by atoms with Crippen molar-refractivity contribution in [3.8, 4) is 11.5 Å². The summed E-state index contributed by atoms with van der Waals surface area (Å²) in [5, 5.41) is 2.38. The van der Waals surface area contributed by atoms with E-state index in [0.717, 1.165) is 24.3 Å². The van der Waals surface area contributed by atoms with E-state index in [0.29, 0.717) is 0 Å². The standard InChI is InChI=1S/C52H52N4O2S2.2HI/c1-51(39-15-9-11-17-41(39)53(3)47(51)19-13-21-49-55(5)43-29-27-37(57-7)31-45(43)59-49)33-35-23-25-36(26-24-35)34-52(2)40-16-10-12-18-42(40)54(4)48(52)20-14-22-50-56(6)44-30-28-38(58-8)32-46(44)60-50;;/h9-32H,33-34H2,1-8H3;2*1H/q+2;;/p-2. The third-order valence-electron chi connectivity index (χ3n) is 12.8. The Bertz CT molecular complexity index is 2720. The molecule has 4 heterocycles. The molecule has 6 nitrogen and oxygen atoms in total. The predicted octanol–water partition coefficient (Wildman–Crippen LogP) is 4.89. The molecule has 0 radical (unpaired) electrons. The van der Waals surface area contributed by atoms with Gasteiger partial charge >= 0.3 is 0 Å². The number of fused-ring (bicyclic) bond motifs is 4. The topological polar surface area (TPSA) is 32.7 Å². The molecule has 5 aromatic carbocycles. The first-order valence-electron chi connectivity index (χ1n) is 20.5. The summed E-state index contributed by atoms with van der Waals surface area (Å²) >= 11 is 3.56. The SMILES string of the molecule is COc1ccc2c(c1)sc(C=CC=C1N(C)c3ccccc3C1(C)Cc1ccc(CC3(C)C(=CC=Cc4sc5cc(OC)ccc5[n+]4C)N(C)c4ccccc43)cc1)[n+]2C.[I-].[I-]. The van der Waals surface area contributed by atoms with E-state index in [2.05, 4.69) is 194 Å².